The van der Waals surface area contributed by atoms with Crippen molar-refractivity contribution in [1.82, 2.24) is 10.9 Å². The Labute approximate surface area is 136 Å². The molecule has 10 nitrogen and oxygen atoms in total. The van der Waals surface area contributed by atoms with E-state index < -0.39 is 35.4 Å². The monoisotopic (exact) mass is 337 g/mol. The number of amides is 2. The second-order valence-electron chi connectivity index (χ2n) is 4.92. The normalized spacial score (nSPS) is 16.2. The summed E-state index contributed by atoms with van der Waals surface area (Å²) in [4.78, 5) is 44.7. The van der Waals surface area contributed by atoms with E-state index in [1.54, 1.807) is 0 Å². The van der Waals surface area contributed by atoms with Gasteiger partial charge in [0.25, 0.3) is 17.5 Å². The van der Waals surface area contributed by atoms with Crippen LogP contribution in [0.2, 0.25) is 0 Å². The Morgan fingerprint density at radius 2 is 1.96 bits per heavy atom. The van der Waals surface area contributed by atoms with Crippen LogP contribution in [0.3, 0.4) is 0 Å². The Kier molecular flexibility index (Phi) is 5.79. The third-order valence-electron chi connectivity index (χ3n) is 3.19. The van der Waals surface area contributed by atoms with Crippen molar-refractivity contribution in [3.8, 4) is 0 Å². The molecule has 0 radical (unpaired) electrons. The molecule has 24 heavy (non-hydrogen) atoms. The highest BCUT2D eigenvalue weighted by atomic mass is 16.6. The first kappa shape index (κ1) is 17.3. The molecule has 1 fully saturated rings. The molecule has 1 aromatic carbocycles. The number of ether oxygens (including phenoxy) is 2. The zero-order valence-electron chi connectivity index (χ0n) is 12.5. The Balaban J connectivity index is 1.73. The van der Waals surface area contributed by atoms with Crippen LogP contribution in [0.4, 0.5) is 5.69 Å². The van der Waals surface area contributed by atoms with Crippen LogP contribution >= 0.6 is 0 Å². The maximum atomic E-state index is 11.8. The summed E-state index contributed by atoms with van der Waals surface area (Å²) in [6, 6.07) is 4.83. The minimum atomic E-state index is -0.725. The number of non-ortho nitro benzene ring substituents is 1. The largest absolute Gasteiger partial charge is 0.454 e. The maximum absolute atomic E-state index is 11.8. The van der Waals surface area contributed by atoms with E-state index in [9.17, 15) is 24.5 Å². The minimum Gasteiger partial charge on any atom is -0.454 e. The van der Waals surface area contributed by atoms with Crippen molar-refractivity contribution in [2.75, 3.05) is 13.2 Å². The van der Waals surface area contributed by atoms with Gasteiger partial charge in [0.1, 0.15) is 0 Å². The van der Waals surface area contributed by atoms with Crippen LogP contribution in [-0.4, -0.2) is 42.0 Å². The van der Waals surface area contributed by atoms with Gasteiger partial charge in [-0.15, -0.1) is 0 Å². The number of nitrogens with zero attached hydrogens (tertiary/aromatic N) is 1. The molecule has 128 valence electrons. The molecule has 0 spiro atoms. The zero-order chi connectivity index (χ0) is 17.5. The van der Waals surface area contributed by atoms with E-state index >= 15 is 0 Å². The molecule has 2 N–H and O–H groups in total. The zero-order valence-corrected chi connectivity index (χ0v) is 12.5. The van der Waals surface area contributed by atoms with Crippen LogP contribution in [0.25, 0.3) is 0 Å². The first-order chi connectivity index (χ1) is 11.5. The van der Waals surface area contributed by atoms with Crippen LogP contribution in [0.1, 0.15) is 23.2 Å². The van der Waals surface area contributed by atoms with Crippen LogP contribution in [0.15, 0.2) is 24.3 Å². The average Bonchev–Trinajstić information content (AvgIpc) is 3.12. The molecule has 0 unspecified atom stereocenters. The van der Waals surface area contributed by atoms with E-state index in [1.165, 1.54) is 24.3 Å². The molecule has 1 atom stereocenters. The molecule has 1 aliphatic rings. The van der Waals surface area contributed by atoms with E-state index in [4.69, 9.17) is 9.47 Å². The lowest BCUT2D eigenvalue weighted by Crippen LogP contribution is -2.44. The summed E-state index contributed by atoms with van der Waals surface area (Å²) >= 11 is 0. The second kappa shape index (κ2) is 8.02. The predicted molar refractivity (Wildman–Crippen MR) is 78.6 cm³/mol. The molecule has 0 aliphatic carbocycles. The van der Waals surface area contributed by atoms with Crippen molar-refractivity contribution in [3.63, 3.8) is 0 Å². The molecule has 0 bridgehead atoms. The quantitative estimate of drug-likeness (QED) is 0.441. The van der Waals surface area contributed by atoms with Gasteiger partial charge in [-0.1, -0.05) is 0 Å². The van der Waals surface area contributed by atoms with Gasteiger partial charge in [0.2, 0.25) is 0 Å². The fourth-order valence-electron chi connectivity index (χ4n) is 1.96. The van der Waals surface area contributed by atoms with Crippen LogP contribution in [0, 0.1) is 10.1 Å². The molecular formula is C14H15N3O7. The van der Waals surface area contributed by atoms with E-state index in [0.717, 1.165) is 6.42 Å². The molecule has 2 amide bonds. The lowest BCUT2D eigenvalue weighted by molar-refractivity contribution is -0.384. The van der Waals surface area contributed by atoms with Gasteiger partial charge < -0.3 is 9.47 Å². The van der Waals surface area contributed by atoms with Crippen molar-refractivity contribution in [3.05, 3.63) is 39.9 Å². The summed E-state index contributed by atoms with van der Waals surface area (Å²) in [6.45, 7) is -0.0729. The highest BCUT2D eigenvalue weighted by Gasteiger charge is 2.25. The van der Waals surface area contributed by atoms with Gasteiger partial charge in [-0.2, -0.15) is 0 Å². The number of nitro benzene ring substituents is 1. The lowest BCUT2D eigenvalue weighted by atomic mass is 10.2. The van der Waals surface area contributed by atoms with Crippen LogP contribution < -0.4 is 10.9 Å². The molecule has 10 heteroatoms. The maximum Gasteiger partial charge on any atom is 0.335 e. The Bertz CT molecular complexity index is 638. The number of hydrogen-bond acceptors (Lipinski definition) is 7. The number of carbonyl (C=O) groups excluding carboxylic acids is 3. The number of rotatable bonds is 5. The summed E-state index contributed by atoms with van der Waals surface area (Å²) in [6.07, 6.45) is 0.668. The summed E-state index contributed by atoms with van der Waals surface area (Å²) in [5, 5.41) is 10.5. The number of nitro groups is 1. The standard InChI is InChI=1S/C14H15N3O7/c18-12(8-24-14(20)11-2-1-7-23-11)15-16-13(19)9-3-5-10(6-4-9)17(21)22/h3-6,11H,1-2,7-8H2,(H,15,18)(H,16,19)/t11-/m1/s1. The van der Waals surface area contributed by atoms with Crippen molar-refractivity contribution in [2.45, 2.75) is 18.9 Å². The molecule has 0 aromatic heterocycles. The topological polar surface area (TPSA) is 137 Å². The van der Waals surface area contributed by atoms with Crippen molar-refractivity contribution < 1.29 is 28.8 Å². The highest BCUT2D eigenvalue weighted by molar-refractivity contribution is 5.95. The average molecular weight is 337 g/mol. The van der Waals surface area contributed by atoms with E-state index in [-0.39, 0.29) is 11.3 Å². The second-order valence-corrected chi connectivity index (χ2v) is 4.92. The van der Waals surface area contributed by atoms with Crippen LogP contribution in [0.5, 0.6) is 0 Å². The first-order valence-corrected chi connectivity index (χ1v) is 7.09. The minimum absolute atomic E-state index is 0.122. The molecular weight excluding hydrogens is 322 g/mol. The van der Waals surface area contributed by atoms with Gasteiger partial charge >= 0.3 is 5.97 Å². The van der Waals surface area contributed by atoms with E-state index in [0.29, 0.717) is 13.0 Å². The number of nitrogens with one attached hydrogen (secondary N) is 2. The number of benzene rings is 1. The third-order valence-corrected chi connectivity index (χ3v) is 3.19. The van der Waals surface area contributed by atoms with Crippen molar-refractivity contribution in [2.24, 2.45) is 0 Å². The van der Waals surface area contributed by atoms with Crippen LogP contribution in [-0.2, 0) is 19.1 Å². The predicted octanol–water partition coefficient (Wildman–Crippen LogP) is 0.0780. The van der Waals surface area contributed by atoms with Crippen molar-refractivity contribution >= 4 is 23.5 Å². The fraction of sp³-hybridized carbons (Fsp3) is 0.357. The SMILES string of the molecule is O=C(COC(=O)[C@H]1CCCO1)NNC(=O)c1ccc([N+](=O)[O-])cc1. The van der Waals surface area contributed by atoms with Gasteiger partial charge in [0.15, 0.2) is 12.7 Å². The van der Waals surface area contributed by atoms with Gasteiger partial charge in [-0.3, -0.25) is 30.6 Å². The van der Waals surface area contributed by atoms with E-state index in [2.05, 4.69) is 10.9 Å². The number of hydrazine groups is 1. The van der Waals surface area contributed by atoms with Gasteiger partial charge in [-0.05, 0) is 25.0 Å². The number of esters is 1. The number of carbonyl (C=O) groups is 3. The Morgan fingerprint density at radius 1 is 1.25 bits per heavy atom. The summed E-state index contributed by atoms with van der Waals surface area (Å²) in [5.41, 5.74) is 4.15. The van der Waals surface area contributed by atoms with Gasteiger partial charge in [-0.25, -0.2) is 4.79 Å². The summed E-state index contributed by atoms with van der Waals surface area (Å²) in [5.74, 6) is -2.01. The number of hydrogen-bond donors (Lipinski definition) is 2. The molecule has 0 saturated carbocycles. The highest BCUT2D eigenvalue weighted by Crippen LogP contribution is 2.13. The molecule has 1 aromatic rings. The summed E-state index contributed by atoms with van der Waals surface area (Å²) in [7, 11) is 0. The molecule has 1 heterocycles. The third kappa shape index (κ3) is 4.74. The van der Waals surface area contributed by atoms with E-state index in [1.807, 2.05) is 0 Å². The molecule has 1 saturated heterocycles. The fourth-order valence-corrected chi connectivity index (χ4v) is 1.96. The molecule has 1 aliphatic heterocycles. The Morgan fingerprint density at radius 3 is 2.54 bits per heavy atom. The smallest absolute Gasteiger partial charge is 0.335 e. The summed E-state index contributed by atoms with van der Waals surface area (Å²) < 4.78 is 9.87. The Hall–Kier alpha value is -3.01. The molecule has 2 rings (SSSR count). The first-order valence-electron chi connectivity index (χ1n) is 7.09. The van der Waals surface area contributed by atoms with Gasteiger partial charge in [0, 0.05) is 24.3 Å². The van der Waals surface area contributed by atoms with Crippen molar-refractivity contribution in [1.29, 1.82) is 0 Å². The lowest BCUT2D eigenvalue weighted by Gasteiger charge is -2.10. The van der Waals surface area contributed by atoms with Gasteiger partial charge in [0.05, 0.1) is 4.92 Å².